The molecule has 0 saturated heterocycles. The lowest BCUT2D eigenvalue weighted by Gasteiger charge is -2.23. The molecule has 1 heterocycles. The standard InChI is InChI=1S/C12H22N4/c1-3-16-11(14-10-15-16)8-13-9-12(2)6-4-5-7-12/h10,13H,3-9H2,1-2H3. The fraction of sp³-hybridized carbons (Fsp3) is 0.833. The summed E-state index contributed by atoms with van der Waals surface area (Å²) in [4.78, 5) is 4.26. The molecule has 2 rings (SSSR count). The Bertz CT molecular complexity index is 326. The van der Waals surface area contributed by atoms with E-state index in [-0.39, 0.29) is 0 Å². The van der Waals surface area contributed by atoms with E-state index < -0.39 is 0 Å². The van der Waals surface area contributed by atoms with Gasteiger partial charge in [0.05, 0.1) is 6.54 Å². The van der Waals surface area contributed by atoms with Crippen molar-refractivity contribution in [3.63, 3.8) is 0 Å². The van der Waals surface area contributed by atoms with E-state index in [9.17, 15) is 0 Å². The number of hydrogen-bond acceptors (Lipinski definition) is 3. The molecule has 1 aromatic heterocycles. The Hall–Kier alpha value is -0.900. The SMILES string of the molecule is CCn1ncnc1CNCC1(C)CCCC1. The van der Waals surface area contributed by atoms with Gasteiger partial charge in [-0.25, -0.2) is 9.67 Å². The molecule has 0 radical (unpaired) electrons. The van der Waals surface area contributed by atoms with Crippen LogP contribution < -0.4 is 5.32 Å². The first-order chi connectivity index (χ1) is 7.73. The molecule has 1 aromatic rings. The van der Waals surface area contributed by atoms with Crippen molar-refractivity contribution in [3.8, 4) is 0 Å². The lowest BCUT2D eigenvalue weighted by molar-refractivity contribution is 0.312. The second-order valence-electron chi connectivity index (χ2n) is 5.11. The maximum absolute atomic E-state index is 4.26. The van der Waals surface area contributed by atoms with Crippen LogP contribution >= 0.6 is 0 Å². The summed E-state index contributed by atoms with van der Waals surface area (Å²) in [5.41, 5.74) is 0.511. The van der Waals surface area contributed by atoms with Crippen LogP contribution in [-0.4, -0.2) is 21.3 Å². The topological polar surface area (TPSA) is 42.7 Å². The van der Waals surface area contributed by atoms with Crippen LogP contribution in [0.2, 0.25) is 0 Å². The summed E-state index contributed by atoms with van der Waals surface area (Å²) in [6.07, 6.45) is 7.14. The third-order valence-corrected chi connectivity index (χ3v) is 3.64. The van der Waals surface area contributed by atoms with E-state index in [4.69, 9.17) is 0 Å². The lowest BCUT2D eigenvalue weighted by Crippen LogP contribution is -2.30. The summed E-state index contributed by atoms with van der Waals surface area (Å²) >= 11 is 0. The Morgan fingerprint density at radius 3 is 2.88 bits per heavy atom. The Balaban J connectivity index is 1.79. The van der Waals surface area contributed by atoms with Crippen LogP contribution in [0.25, 0.3) is 0 Å². The molecule has 1 aliphatic rings. The van der Waals surface area contributed by atoms with Gasteiger partial charge >= 0.3 is 0 Å². The molecule has 0 bridgehead atoms. The fourth-order valence-electron chi connectivity index (χ4n) is 2.57. The predicted octanol–water partition coefficient (Wildman–Crippen LogP) is 1.97. The van der Waals surface area contributed by atoms with Crippen molar-refractivity contribution in [1.29, 1.82) is 0 Å². The number of hydrogen-bond donors (Lipinski definition) is 1. The minimum atomic E-state index is 0.511. The molecule has 90 valence electrons. The average Bonchev–Trinajstić information content (AvgIpc) is 2.88. The minimum absolute atomic E-state index is 0.511. The minimum Gasteiger partial charge on any atom is -0.309 e. The van der Waals surface area contributed by atoms with Crippen molar-refractivity contribution in [2.45, 2.75) is 52.6 Å². The summed E-state index contributed by atoms with van der Waals surface area (Å²) in [6.45, 7) is 7.31. The summed E-state index contributed by atoms with van der Waals surface area (Å²) in [5, 5.41) is 7.69. The quantitative estimate of drug-likeness (QED) is 0.828. The summed E-state index contributed by atoms with van der Waals surface area (Å²) < 4.78 is 1.95. The van der Waals surface area contributed by atoms with Crippen LogP contribution in [-0.2, 0) is 13.1 Å². The highest BCUT2D eigenvalue weighted by atomic mass is 15.3. The van der Waals surface area contributed by atoms with Gasteiger partial charge in [0.2, 0.25) is 0 Å². The molecule has 0 atom stereocenters. The zero-order chi connectivity index (χ0) is 11.4. The summed E-state index contributed by atoms with van der Waals surface area (Å²) in [6, 6.07) is 0. The highest BCUT2D eigenvalue weighted by Crippen LogP contribution is 2.36. The Kier molecular flexibility index (Phi) is 3.59. The van der Waals surface area contributed by atoms with E-state index in [0.717, 1.165) is 25.5 Å². The van der Waals surface area contributed by atoms with Gasteiger partial charge in [-0.05, 0) is 25.2 Å². The lowest BCUT2D eigenvalue weighted by atomic mass is 9.89. The van der Waals surface area contributed by atoms with Crippen LogP contribution in [0.1, 0.15) is 45.4 Å². The highest BCUT2D eigenvalue weighted by molar-refractivity contribution is 4.86. The van der Waals surface area contributed by atoms with Crippen LogP contribution in [0.15, 0.2) is 6.33 Å². The zero-order valence-electron chi connectivity index (χ0n) is 10.4. The Labute approximate surface area is 97.5 Å². The third-order valence-electron chi connectivity index (χ3n) is 3.64. The maximum Gasteiger partial charge on any atom is 0.140 e. The molecule has 1 saturated carbocycles. The van der Waals surface area contributed by atoms with Crippen molar-refractivity contribution in [2.75, 3.05) is 6.54 Å². The molecular weight excluding hydrogens is 200 g/mol. The van der Waals surface area contributed by atoms with Crippen molar-refractivity contribution in [2.24, 2.45) is 5.41 Å². The van der Waals surface area contributed by atoms with Crippen molar-refractivity contribution < 1.29 is 0 Å². The van der Waals surface area contributed by atoms with Crippen LogP contribution in [0, 0.1) is 5.41 Å². The number of nitrogens with zero attached hydrogens (tertiary/aromatic N) is 3. The van der Waals surface area contributed by atoms with Crippen molar-refractivity contribution in [1.82, 2.24) is 20.1 Å². The molecule has 1 N–H and O–H groups in total. The molecule has 0 spiro atoms. The molecule has 4 heteroatoms. The maximum atomic E-state index is 4.26. The van der Waals surface area contributed by atoms with Gasteiger partial charge < -0.3 is 5.32 Å². The van der Waals surface area contributed by atoms with E-state index in [2.05, 4.69) is 29.2 Å². The van der Waals surface area contributed by atoms with Gasteiger partial charge in [-0.2, -0.15) is 5.10 Å². The predicted molar refractivity (Wildman–Crippen MR) is 64.0 cm³/mol. The molecule has 0 aromatic carbocycles. The van der Waals surface area contributed by atoms with E-state index >= 15 is 0 Å². The third kappa shape index (κ3) is 2.61. The molecule has 1 fully saturated rings. The smallest absolute Gasteiger partial charge is 0.140 e. The molecule has 0 aliphatic heterocycles. The number of rotatable bonds is 5. The highest BCUT2D eigenvalue weighted by Gasteiger charge is 2.27. The van der Waals surface area contributed by atoms with E-state index in [1.54, 1.807) is 6.33 Å². The monoisotopic (exact) mass is 222 g/mol. The summed E-state index contributed by atoms with van der Waals surface area (Å²) in [7, 11) is 0. The second kappa shape index (κ2) is 4.95. The van der Waals surface area contributed by atoms with Gasteiger partial charge in [-0.15, -0.1) is 0 Å². The Morgan fingerprint density at radius 1 is 1.44 bits per heavy atom. The first-order valence-electron chi connectivity index (χ1n) is 6.31. The molecule has 0 unspecified atom stereocenters. The average molecular weight is 222 g/mol. The van der Waals surface area contributed by atoms with Gasteiger partial charge in [0.15, 0.2) is 0 Å². The molecule has 4 nitrogen and oxygen atoms in total. The van der Waals surface area contributed by atoms with Gasteiger partial charge in [-0.1, -0.05) is 19.8 Å². The van der Waals surface area contributed by atoms with E-state index in [0.29, 0.717) is 5.41 Å². The molecule has 0 amide bonds. The zero-order valence-corrected chi connectivity index (χ0v) is 10.4. The van der Waals surface area contributed by atoms with Crippen LogP contribution in [0.5, 0.6) is 0 Å². The van der Waals surface area contributed by atoms with Crippen LogP contribution in [0.3, 0.4) is 0 Å². The number of aryl methyl sites for hydroxylation is 1. The van der Waals surface area contributed by atoms with E-state index in [1.165, 1.54) is 25.7 Å². The summed E-state index contributed by atoms with van der Waals surface area (Å²) in [5.74, 6) is 1.05. The van der Waals surface area contributed by atoms with E-state index in [1.807, 2.05) is 4.68 Å². The molecular formula is C12H22N4. The largest absolute Gasteiger partial charge is 0.309 e. The molecule has 1 aliphatic carbocycles. The van der Waals surface area contributed by atoms with Gasteiger partial charge in [-0.3, -0.25) is 0 Å². The first kappa shape index (κ1) is 11.6. The fourth-order valence-corrected chi connectivity index (χ4v) is 2.57. The van der Waals surface area contributed by atoms with Crippen molar-refractivity contribution >= 4 is 0 Å². The van der Waals surface area contributed by atoms with Crippen molar-refractivity contribution in [3.05, 3.63) is 12.2 Å². The van der Waals surface area contributed by atoms with Gasteiger partial charge in [0.1, 0.15) is 12.2 Å². The number of aromatic nitrogens is 3. The van der Waals surface area contributed by atoms with Gasteiger partial charge in [0.25, 0.3) is 0 Å². The van der Waals surface area contributed by atoms with Gasteiger partial charge in [0, 0.05) is 13.1 Å². The normalized spacial score (nSPS) is 19.1. The number of nitrogens with one attached hydrogen (secondary N) is 1. The molecule has 16 heavy (non-hydrogen) atoms. The first-order valence-corrected chi connectivity index (χ1v) is 6.31. The Morgan fingerprint density at radius 2 is 2.19 bits per heavy atom. The van der Waals surface area contributed by atoms with Crippen LogP contribution in [0.4, 0.5) is 0 Å². The second-order valence-corrected chi connectivity index (χ2v) is 5.11.